The fourth-order valence-corrected chi connectivity index (χ4v) is 3.13. The first-order valence-electron chi connectivity index (χ1n) is 7.35. The number of hydrogen-bond donors (Lipinski definition) is 0. The van der Waals surface area contributed by atoms with Crippen LogP contribution in [0.5, 0.6) is 0 Å². The molecule has 0 aliphatic heterocycles. The topological polar surface area (TPSA) is 40.6 Å². The Morgan fingerprint density at radius 1 is 0.625 bits per heavy atom. The molecular formula is C18H20N2O2S2. The van der Waals surface area contributed by atoms with Gasteiger partial charge in [0.25, 0.3) is 10.5 Å². The Balaban J connectivity index is 2.06. The molecule has 6 heteroatoms. The van der Waals surface area contributed by atoms with E-state index in [4.69, 9.17) is 0 Å². The van der Waals surface area contributed by atoms with Crippen LogP contribution in [-0.2, 0) is 0 Å². The van der Waals surface area contributed by atoms with Crippen LogP contribution in [-0.4, -0.2) is 48.5 Å². The molecule has 0 saturated carbocycles. The van der Waals surface area contributed by atoms with Gasteiger partial charge in [-0.15, -0.1) is 0 Å². The van der Waals surface area contributed by atoms with Crippen molar-refractivity contribution in [3.8, 4) is 11.1 Å². The van der Waals surface area contributed by atoms with E-state index in [1.54, 1.807) is 38.0 Å². The van der Waals surface area contributed by atoms with E-state index in [-0.39, 0.29) is 10.5 Å². The number of benzene rings is 2. The van der Waals surface area contributed by atoms with Gasteiger partial charge in [-0.1, -0.05) is 24.3 Å². The number of carbonyl (C=O) groups is 2. The van der Waals surface area contributed by atoms with E-state index in [0.717, 1.165) is 20.9 Å². The summed E-state index contributed by atoms with van der Waals surface area (Å²) in [7, 11) is 6.96. The molecule has 4 nitrogen and oxygen atoms in total. The molecule has 0 N–H and O–H groups in total. The largest absolute Gasteiger partial charge is 0.339 e. The molecule has 0 aliphatic carbocycles. The second-order valence-electron chi connectivity index (χ2n) is 5.57. The molecule has 0 bridgehead atoms. The maximum absolute atomic E-state index is 11.7. The molecule has 0 fully saturated rings. The van der Waals surface area contributed by atoms with Crippen LogP contribution in [0.1, 0.15) is 0 Å². The second-order valence-corrected chi connectivity index (χ2v) is 7.62. The number of carbonyl (C=O) groups excluding carboxylic acids is 2. The highest BCUT2D eigenvalue weighted by molar-refractivity contribution is 8.13. The van der Waals surface area contributed by atoms with Crippen molar-refractivity contribution in [3.05, 3.63) is 48.5 Å². The molecule has 0 saturated heterocycles. The van der Waals surface area contributed by atoms with Gasteiger partial charge >= 0.3 is 0 Å². The Morgan fingerprint density at radius 2 is 0.917 bits per heavy atom. The Kier molecular flexibility index (Phi) is 6.34. The van der Waals surface area contributed by atoms with Gasteiger partial charge in [0.05, 0.1) is 0 Å². The smallest absolute Gasteiger partial charge is 0.285 e. The zero-order valence-electron chi connectivity index (χ0n) is 14.1. The van der Waals surface area contributed by atoms with E-state index in [1.807, 2.05) is 48.5 Å². The molecule has 24 heavy (non-hydrogen) atoms. The van der Waals surface area contributed by atoms with Crippen molar-refractivity contribution in [1.82, 2.24) is 9.80 Å². The molecule has 2 aromatic carbocycles. The molecule has 0 aromatic heterocycles. The maximum Gasteiger partial charge on any atom is 0.285 e. The number of rotatable bonds is 3. The fraction of sp³-hybridized carbons (Fsp3) is 0.222. The van der Waals surface area contributed by atoms with Gasteiger partial charge in [0, 0.05) is 38.0 Å². The molecule has 2 aromatic rings. The predicted molar refractivity (Wildman–Crippen MR) is 102 cm³/mol. The first kappa shape index (κ1) is 18.4. The summed E-state index contributed by atoms with van der Waals surface area (Å²) in [5, 5.41) is 0.0179. The quantitative estimate of drug-likeness (QED) is 0.730. The summed E-state index contributed by atoms with van der Waals surface area (Å²) in [6.07, 6.45) is 0. The number of amides is 2. The van der Waals surface area contributed by atoms with Gasteiger partial charge in [0.2, 0.25) is 0 Å². The van der Waals surface area contributed by atoms with Crippen LogP contribution < -0.4 is 0 Å². The highest BCUT2D eigenvalue weighted by atomic mass is 32.2. The summed E-state index contributed by atoms with van der Waals surface area (Å²) in [5.74, 6) is 0. The van der Waals surface area contributed by atoms with Crippen molar-refractivity contribution >= 4 is 34.0 Å². The van der Waals surface area contributed by atoms with Crippen molar-refractivity contribution in [2.75, 3.05) is 28.2 Å². The fourth-order valence-electron chi connectivity index (χ4n) is 1.82. The van der Waals surface area contributed by atoms with Gasteiger partial charge in [0.15, 0.2) is 0 Å². The van der Waals surface area contributed by atoms with Gasteiger partial charge in [-0.3, -0.25) is 9.59 Å². The molecule has 0 atom stereocenters. The van der Waals surface area contributed by atoms with Gasteiger partial charge in [-0.05, 0) is 58.9 Å². The molecule has 0 aliphatic rings. The molecular weight excluding hydrogens is 340 g/mol. The van der Waals surface area contributed by atoms with Crippen molar-refractivity contribution < 1.29 is 9.59 Å². The average molecular weight is 361 g/mol. The normalized spacial score (nSPS) is 10.3. The minimum Gasteiger partial charge on any atom is -0.339 e. The zero-order valence-corrected chi connectivity index (χ0v) is 15.8. The number of hydrogen-bond acceptors (Lipinski definition) is 4. The summed E-state index contributed by atoms with van der Waals surface area (Å²) in [6.45, 7) is 0. The third kappa shape index (κ3) is 5.04. The summed E-state index contributed by atoms with van der Waals surface area (Å²) in [6, 6.07) is 15.8. The lowest BCUT2D eigenvalue weighted by Gasteiger charge is -2.10. The van der Waals surface area contributed by atoms with Crippen LogP contribution in [0.2, 0.25) is 0 Å². The van der Waals surface area contributed by atoms with Crippen LogP contribution in [0.4, 0.5) is 9.59 Å². The monoisotopic (exact) mass is 360 g/mol. The van der Waals surface area contributed by atoms with Gasteiger partial charge in [-0.2, -0.15) is 0 Å². The summed E-state index contributed by atoms with van der Waals surface area (Å²) in [4.78, 5) is 28.3. The van der Waals surface area contributed by atoms with E-state index < -0.39 is 0 Å². The maximum atomic E-state index is 11.7. The lowest BCUT2D eigenvalue weighted by molar-refractivity contribution is 0.240. The van der Waals surface area contributed by atoms with Crippen LogP contribution in [0.25, 0.3) is 11.1 Å². The Hall–Kier alpha value is -1.92. The van der Waals surface area contributed by atoms with Crippen molar-refractivity contribution in [1.29, 1.82) is 0 Å². The SMILES string of the molecule is CN(C)C(=O)Sc1ccc(-c2ccc(SC(=O)N(C)C)cc2)cc1. The summed E-state index contributed by atoms with van der Waals surface area (Å²) < 4.78 is 0. The third-order valence-corrected chi connectivity index (χ3v) is 5.28. The highest BCUT2D eigenvalue weighted by Crippen LogP contribution is 2.28. The van der Waals surface area contributed by atoms with Crippen LogP contribution in [0.3, 0.4) is 0 Å². The summed E-state index contributed by atoms with van der Waals surface area (Å²) >= 11 is 2.42. The van der Waals surface area contributed by atoms with E-state index in [1.165, 1.54) is 23.5 Å². The van der Waals surface area contributed by atoms with Gasteiger partial charge in [-0.25, -0.2) is 0 Å². The molecule has 0 unspecified atom stereocenters. The molecule has 0 spiro atoms. The van der Waals surface area contributed by atoms with Crippen LogP contribution in [0.15, 0.2) is 58.3 Å². The molecule has 2 rings (SSSR count). The minimum absolute atomic E-state index is 0.00897. The highest BCUT2D eigenvalue weighted by Gasteiger charge is 2.08. The summed E-state index contributed by atoms with van der Waals surface area (Å²) in [5.41, 5.74) is 2.15. The van der Waals surface area contributed by atoms with Crippen LogP contribution in [0, 0.1) is 0 Å². The van der Waals surface area contributed by atoms with E-state index >= 15 is 0 Å². The molecule has 0 heterocycles. The average Bonchev–Trinajstić information content (AvgIpc) is 2.56. The van der Waals surface area contributed by atoms with E-state index in [0.29, 0.717) is 0 Å². The van der Waals surface area contributed by atoms with Crippen molar-refractivity contribution in [3.63, 3.8) is 0 Å². The third-order valence-electron chi connectivity index (χ3n) is 3.18. The standard InChI is InChI=1S/C18H20N2O2S2/c1-19(2)17(21)23-15-9-5-13(6-10-15)14-7-11-16(12-8-14)24-18(22)20(3)4/h5-12H,1-4H3. The lowest BCUT2D eigenvalue weighted by Crippen LogP contribution is -2.15. The van der Waals surface area contributed by atoms with Crippen molar-refractivity contribution in [2.24, 2.45) is 0 Å². The van der Waals surface area contributed by atoms with Crippen molar-refractivity contribution in [2.45, 2.75) is 9.79 Å². The Morgan fingerprint density at radius 3 is 1.17 bits per heavy atom. The van der Waals surface area contributed by atoms with E-state index in [2.05, 4.69) is 0 Å². The zero-order chi connectivity index (χ0) is 17.7. The molecule has 126 valence electrons. The molecule has 2 amide bonds. The Labute approximate surface area is 151 Å². The second kappa shape index (κ2) is 8.26. The number of thioether (sulfide) groups is 2. The number of nitrogens with zero attached hydrogens (tertiary/aromatic N) is 2. The first-order chi connectivity index (χ1) is 11.4. The molecule has 0 radical (unpaired) electrons. The first-order valence-corrected chi connectivity index (χ1v) is 8.99. The Bertz CT molecular complexity index is 647. The predicted octanol–water partition coefficient (Wildman–Crippen LogP) is 4.90. The van der Waals surface area contributed by atoms with Gasteiger partial charge in [0.1, 0.15) is 0 Å². The lowest BCUT2D eigenvalue weighted by atomic mass is 10.1. The van der Waals surface area contributed by atoms with Gasteiger partial charge < -0.3 is 9.80 Å². The van der Waals surface area contributed by atoms with E-state index in [9.17, 15) is 9.59 Å². The minimum atomic E-state index is 0.00897. The van der Waals surface area contributed by atoms with Crippen LogP contribution >= 0.6 is 23.5 Å².